The van der Waals surface area contributed by atoms with E-state index in [1.165, 1.54) is 4.88 Å². The lowest BCUT2D eigenvalue weighted by Crippen LogP contribution is -2.26. The minimum Gasteiger partial charge on any atom is -0.371 e. The van der Waals surface area contributed by atoms with Crippen LogP contribution in [0.2, 0.25) is 0 Å². The number of ether oxygens (including phenoxy) is 1. The molecule has 98 valence electrons. The fraction of sp³-hybridized carbons (Fsp3) is 0.769. The Labute approximate surface area is 109 Å². The molecule has 0 radical (unpaired) electrons. The van der Waals surface area contributed by atoms with Crippen LogP contribution in [-0.2, 0) is 10.3 Å². The van der Waals surface area contributed by atoms with Gasteiger partial charge in [0.25, 0.3) is 0 Å². The summed E-state index contributed by atoms with van der Waals surface area (Å²) in [5.74, 6) is 0. The van der Waals surface area contributed by atoms with Crippen molar-refractivity contribution in [3.63, 3.8) is 0 Å². The van der Waals surface area contributed by atoms with Crippen molar-refractivity contribution in [3.05, 3.63) is 15.6 Å². The van der Waals surface area contributed by atoms with E-state index in [4.69, 9.17) is 9.72 Å². The Morgan fingerprint density at radius 2 is 2.00 bits per heavy atom. The molecule has 17 heavy (non-hydrogen) atoms. The first-order valence-corrected chi connectivity index (χ1v) is 7.06. The molecule has 0 aliphatic carbocycles. The average Bonchev–Trinajstić information content (AvgIpc) is 2.74. The zero-order valence-corrected chi connectivity index (χ0v) is 12.6. The number of nitrogens with one attached hydrogen (secondary N) is 1. The summed E-state index contributed by atoms with van der Waals surface area (Å²) >= 11 is 1.77. The van der Waals surface area contributed by atoms with Gasteiger partial charge in [-0.3, -0.25) is 0 Å². The molecule has 0 saturated carbocycles. The quantitative estimate of drug-likeness (QED) is 0.847. The van der Waals surface area contributed by atoms with E-state index in [9.17, 15) is 0 Å². The molecule has 0 aliphatic rings. The largest absolute Gasteiger partial charge is 0.371 e. The van der Waals surface area contributed by atoms with Crippen molar-refractivity contribution in [2.45, 2.75) is 52.2 Å². The van der Waals surface area contributed by atoms with Crippen molar-refractivity contribution in [1.82, 2.24) is 10.3 Å². The molecule has 1 heterocycles. The third kappa shape index (κ3) is 2.69. The normalized spacial score (nSPS) is 14.0. The summed E-state index contributed by atoms with van der Waals surface area (Å²) in [5, 5.41) is 4.38. The maximum Gasteiger partial charge on any atom is 0.125 e. The number of thiazole rings is 1. The average molecular weight is 256 g/mol. The molecule has 0 bridgehead atoms. The van der Waals surface area contributed by atoms with Crippen molar-refractivity contribution in [1.29, 1.82) is 0 Å². The Morgan fingerprint density at radius 1 is 1.41 bits per heavy atom. The van der Waals surface area contributed by atoms with Gasteiger partial charge in [-0.2, -0.15) is 0 Å². The lowest BCUT2D eigenvalue weighted by Gasteiger charge is -2.27. The third-order valence-corrected chi connectivity index (χ3v) is 5.11. The van der Waals surface area contributed by atoms with E-state index >= 15 is 0 Å². The molecule has 1 rings (SSSR count). The maximum absolute atomic E-state index is 5.73. The Kier molecular flexibility index (Phi) is 5.10. The molecule has 1 aromatic rings. The van der Waals surface area contributed by atoms with Gasteiger partial charge in [0.05, 0.1) is 5.69 Å². The third-order valence-electron chi connectivity index (χ3n) is 3.58. The number of rotatable bonds is 6. The standard InChI is InChI=1S/C13H24N2OS/c1-7-13(8-2,16-6)12-15-10(4)11(17-12)9(3)14-5/h9,14H,7-8H2,1-6H3. The summed E-state index contributed by atoms with van der Waals surface area (Å²) in [6.07, 6.45) is 1.92. The van der Waals surface area contributed by atoms with Crippen molar-refractivity contribution in [2.24, 2.45) is 0 Å². The molecule has 1 N–H and O–H groups in total. The van der Waals surface area contributed by atoms with Gasteiger partial charge >= 0.3 is 0 Å². The minimum atomic E-state index is -0.207. The molecule has 0 spiro atoms. The number of hydrogen-bond donors (Lipinski definition) is 1. The van der Waals surface area contributed by atoms with Crippen molar-refractivity contribution in [3.8, 4) is 0 Å². The Morgan fingerprint density at radius 3 is 2.41 bits per heavy atom. The van der Waals surface area contributed by atoms with Crippen molar-refractivity contribution < 1.29 is 4.74 Å². The first-order chi connectivity index (χ1) is 8.04. The van der Waals surface area contributed by atoms with Gasteiger partial charge in [0.2, 0.25) is 0 Å². The summed E-state index contributed by atoms with van der Waals surface area (Å²) in [5.41, 5.74) is 0.913. The van der Waals surface area contributed by atoms with Gasteiger partial charge in [0, 0.05) is 18.0 Å². The number of aromatic nitrogens is 1. The summed E-state index contributed by atoms with van der Waals surface area (Å²) in [6.45, 7) is 8.56. The van der Waals surface area contributed by atoms with E-state index < -0.39 is 0 Å². The zero-order valence-electron chi connectivity index (χ0n) is 11.8. The topological polar surface area (TPSA) is 34.1 Å². The highest BCUT2D eigenvalue weighted by molar-refractivity contribution is 7.12. The summed E-state index contributed by atoms with van der Waals surface area (Å²) < 4.78 is 5.73. The summed E-state index contributed by atoms with van der Waals surface area (Å²) in [6, 6.07) is 0.351. The predicted molar refractivity (Wildman–Crippen MR) is 73.6 cm³/mol. The molecular weight excluding hydrogens is 232 g/mol. The van der Waals surface area contributed by atoms with Crippen molar-refractivity contribution >= 4 is 11.3 Å². The second-order valence-electron chi connectivity index (χ2n) is 4.38. The first kappa shape index (κ1) is 14.6. The van der Waals surface area contributed by atoms with Gasteiger partial charge in [-0.05, 0) is 33.7 Å². The van der Waals surface area contributed by atoms with Gasteiger partial charge in [0.1, 0.15) is 10.6 Å². The van der Waals surface area contributed by atoms with E-state index in [1.807, 2.05) is 7.05 Å². The molecule has 1 aromatic heterocycles. The first-order valence-electron chi connectivity index (χ1n) is 6.24. The Bertz CT molecular complexity index is 350. The van der Waals surface area contributed by atoms with E-state index in [1.54, 1.807) is 18.4 Å². The highest BCUT2D eigenvalue weighted by Crippen LogP contribution is 2.37. The fourth-order valence-corrected chi connectivity index (χ4v) is 3.50. The highest BCUT2D eigenvalue weighted by Gasteiger charge is 2.32. The van der Waals surface area contributed by atoms with Crippen LogP contribution in [0.4, 0.5) is 0 Å². The van der Waals surface area contributed by atoms with Gasteiger partial charge in [-0.15, -0.1) is 11.3 Å². The van der Waals surface area contributed by atoms with Crippen LogP contribution in [0.15, 0.2) is 0 Å². The van der Waals surface area contributed by atoms with Gasteiger partial charge < -0.3 is 10.1 Å². The van der Waals surface area contributed by atoms with Crippen LogP contribution >= 0.6 is 11.3 Å². The van der Waals surface area contributed by atoms with Crippen LogP contribution in [0.3, 0.4) is 0 Å². The number of hydrogen-bond acceptors (Lipinski definition) is 4. The summed E-state index contributed by atoms with van der Waals surface area (Å²) in [7, 11) is 3.76. The van der Waals surface area contributed by atoms with Crippen LogP contribution in [0, 0.1) is 6.92 Å². The molecule has 1 unspecified atom stereocenters. The Hall–Kier alpha value is -0.450. The van der Waals surface area contributed by atoms with Crippen LogP contribution in [0.25, 0.3) is 0 Å². The highest BCUT2D eigenvalue weighted by atomic mass is 32.1. The molecule has 0 aliphatic heterocycles. The van der Waals surface area contributed by atoms with E-state index in [2.05, 4.69) is 33.0 Å². The molecular formula is C13H24N2OS. The van der Waals surface area contributed by atoms with Crippen LogP contribution < -0.4 is 5.32 Å². The van der Waals surface area contributed by atoms with E-state index in [0.717, 1.165) is 23.5 Å². The fourth-order valence-electron chi connectivity index (χ4n) is 2.06. The molecule has 0 fully saturated rings. The lowest BCUT2D eigenvalue weighted by atomic mass is 9.98. The second-order valence-corrected chi connectivity index (χ2v) is 5.42. The number of nitrogens with zero attached hydrogens (tertiary/aromatic N) is 1. The SMILES string of the molecule is CCC(CC)(OC)c1nc(C)c(C(C)NC)s1. The van der Waals surface area contributed by atoms with Crippen LogP contribution in [-0.4, -0.2) is 19.1 Å². The van der Waals surface area contributed by atoms with Gasteiger partial charge in [0.15, 0.2) is 0 Å². The summed E-state index contributed by atoms with van der Waals surface area (Å²) in [4.78, 5) is 6.03. The maximum atomic E-state index is 5.73. The smallest absolute Gasteiger partial charge is 0.125 e. The molecule has 4 heteroatoms. The lowest BCUT2D eigenvalue weighted by molar-refractivity contribution is -0.0219. The molecule has 1 atom stereocenters. The Balaban J connectivity index is 3.15. The van der Waals surface area contributed by atoms with Crippen molar-refractivity contribution in [2.75, 3.05) is 14.2 Å². The van der Waals surface area contributed by atoms with E-state index in [-0.39, 0.29) is 5.60 Å². The number of methoxy groups -OCH3 is 1. The minimum absolute atomic E-state index is 0.207. The zero-order chi connectivity index (χ0) is 13.1. The predicted octanol–water partition coefficient (Wildman–Crippen LogP) is 3.39. The van der Waals surface area contributed by atoms with Gasteiger partial charge in [-0.1, -0.05) is 13.8 Å². The molecule has 0 amide bonds. The monoisotopic (exact) mass is 256 g/mol. The second kappa shape index (κ2) is 5.94. The van der Waals surface area contributed by atoms with Crippen LogP contribution in [0.5, 0.6) is 0 Å². The molecule has 3 nitrogen and oxygen atoms in total. The van der Waals surface area contributed by atoms with Crippen LogP contribution in [0.1, 0.15) is 55.2 Å². The number of aryl methyl sites for hydroxylation is 1. The van der Waals surface area contributed by atoms with E-state index in [0.29, 0.717) is 6.04 Å². The molecule has 0 saturated heterocycles. The van der Waals surface area contributed by atoms with Gasteiger partial charge in [-0.25, -0.2) is 4.98 Å². The molecule has 0 aromatic carbocycles.